The van der Waals surface area contributed by atoms with E-state index in [1.54, 1.807) is 31.2 Å². The lowest BCUT2D eigenvalue weighted by molar-refractivity contribution is -0.137. The van der Waals surface area contributed by atoms with Crippen molar-refractivity contribution < 1.29 is 18.0 Å². The van der Waals surface area contributed by atoms with Gasteiger partial charge >= 0.3 is 6.18 Å². The van der Waals surface area contributed by atoms with Gasteiger partial charge in [-0.25, -0.2) is 5.43 Å². The van der Waals surface area contributed by atoms with E-state index in [4.69, 9.17) is 11.6 Å². The number of hydrogen-bond donors (Lipinski definition) is 1. The topological polar surface area (TPSA) is 41.5 Å². The number of hydrazone groups is 1. The molecule has 0 fully saturated rings. The lowest BCUT2D eigenvalue weighted by Crippen LogP contribution is -2.26. The number of halogens is 4. The average Bonchev–Trinajstić information content (AvgIpc) is 2.56. The molecule has 0 aliphatic heterocycles. The van der Waals surface area contributed by atoms with E-state index in [1.807, 2.05) is 0 Å². The van der Waals surface area contributed by atoms with Crippen molar-refractivity contribution in [1.82, 2.24) is 5.43 Å². The second-order valence-electron chi connectivity index (χ2n) is 5.03. The number of rotatable bonds is 5. The summed E-state index contributed by atoms with van der Waals surface area (Å²) in [5, 5.41) is 3.75. The first-order chi connectivity index (χ1) is 11.8. The SMILES string of the molecule is C[C@H](Sc1ccc(Cl)cc1)C(=O)N/N=C\c1ccccc1C(F)(F)F. The number of carbonyl (C=O) groups excluding carboxylic acids is 1. The molecule has 2 aromatic rings. The van der Waals surface area contributed by atoms with E-state index < -0.39 is 22.9 Å². The summed E-state index contributed by atoms with van der Waals surface area (Å²) < 4.78 is 38.6. The van der Waals surface area contributed by atoms with Gasteiger partial charge in [0, 0.05) is 15.5 Å². The van der Waals surface area contributed by atoms with Crippen molar-refractivity contribution in [2.45, 2.75) is 23.2 Å². The molecule has 0 aliphatic rings. The van der Waals surface area contributed by atoms with Crippen LogP contribution in [0.5, 0.6) is 0 Å². The fourth-order valence-electron chi connectivity index (χ4n) is 1.89. The lowest BCUT2D eigenvalue weighted by Gasteiger charge is -2.10. The second-order valence-corrected chi connectivity index (χ2v) is 6.88. The van der Waals surface area contributed by atoms with E-state index in [0.717, 1.165) is 17.2 Å². The highest BCUT2D eigenvalue weighted by Crippen LogP contribution is 2.31. The van der Waals surface area contributed by atoms with Crippen molar-refractivity contribution in [2.24, 2.45) is 5.10 Å². The number of alkyl halides is 3. The van der Waals surface area contributed by atoms with E-state index in [9.17, 15) is 18.0 Å². The molecule has 0 saturated heterocycles. The van der Waals surface area contributed by atoms with Crippen LogP contribution in [0.3, 0.4) is 0 Å². The minimum atomic E-state index is -4.48. The van der Waals surface area contributed by atoms with Gasteiger partial charge in [-0.15, -0.1) is 11.8 Å². The molecular formula is C17H14ClF3N2OS. The van der Waals surface area contributed by atoms with Crippen LogP contribution in [0.25, 0.3) is 0 Å². The third kappa shape index (κ3) is 5.79. The van der Waals surface area contributed by atoms with E-state index in [1.165, 1.54) is 30.0 Å². The Bertz CT molecular complexity index is 763. The highest BCUT2D eigenvalue weighted by Gasteiger charge is 2.32. The van der Waals surface area contributed by atoms with Crippen LogP contribution in [0.2, 0.25) is 5.02 Å². The number of carbonyl (C=O) groups is 1. The number of benzene rings is 2. The Hall–Kier alpha value is -1.99. The molecule has 0 unspecified atom stereocenters. The van der Waals surface area contributed by atoms with Gasteiger partial charge < -0.3 is 0 Å². The number of amides is 1. The summed E-state index contributed by atoms with van der Waals surface area (Å²) in [5.41, 5.74) is 1.33. The van der Waals surface area contributed by atoms with E-state index in [-0.39, 0.29) is 5.56 Å². The predicted molar refractivity (Wildman–Crippen MR) is 94.0 cm³/mol. The van der Waals surface area contributed by atoms with Crippen molar-refractivity contribution in [3.63, 3.8) is 0 Å². The highest BCUT2D eigenvalue weighted by molar-refractivity contribution is 8.00. The maximum Gasteiger partial charge on any atom is 0.417 e. The van der Waals surface area contributed by atoms with Crippen molar-refractivity contribution in [3.05, 3.63) is 64.7 Å². The molecule has 1 N–H and O–H groups in total. The zero-order valence-corrected chi connectivity index (χ0v) is 14.6. The molecule has 1 amide bonds. The second kappa shape index (κ2) is 8.40. The Labute approximate surface area is 152 Å². The summed E-state index contributed by atoms with van der Waals surface area (Å²) in [6, 6.07) is 12.0. The summed E-state index contributed by atoms with van der Waals surface area (Å²) in [7, 11) is 0. The molecule has 0 heterocycles. The van der Waals surface area contributed by atoms with Crippen molar-refractivity contribution in [3.8, 4) is 0 Å². The minimum Gasteiger partial charge on any atom is -0.272 e. The van der Waals surface area contributed by atoms with Crippen LogP contribution >= 0.6 is 23.4 Å². The normalized spacial score (nSPS) is 13.0. The Kier molecular flexibility index (Phi) is 6.50. The van der Waals surface area contributed by atoms with Gasteiger partial charge in [0.25, 0.3) is 5.91 Å². The number of nitrogens with zero attached hydrogens (tertiary/aromatic N) is 1. The van der Waals surface area contributed by atoms with Crippen LogP contribution in [0.4, 0.5) is 13.2 Å². The minimum absolute atomic E-state index is 0.117. The molecule has 25 heavy (non-hydrogen) atoms. The summed E-state index contributed by atoms with van der Waals surface area (Å²) in [6.07, 6.45) is -3.50. The van der Waals surface area contributed by atoms with Gasteiger partial charge in [-0.2, -0.15) is 18.3 Å². The molecule has 1 atom stereocenters. The molecule has 0 spiro atoms. The maximum atomic E-state index is 12.9. The predicted octanol–water partition coefficient (Wildman–Crippen LogP) is 4.99. The maximum absolute atomic E-state index is 12.9. The first kappa shape index (κ1) is 19.3. The molecular weight excluding hydrogens is 373 g/mol. The Morgan fingerprint density at radius 1 is 1.20 bits per heavy atom. The van der Waals surface area contributed by atoms with Crippen molar-refractivity contribution in [2.75, 3.05) is 0 Å². The van der Waals surface area contributed by atoms with Gasteiger partial charge in [-0.1, -0.05) is 29.8 Å². The molecule has 2 rings (SSSR count). The van der Waals surface area contributed by atoms with Crippen LogP contribution < -0.4 is 5.43 Å². The molecule has 0 radical (unpaired) electrons. The van der Waals surface area contributed by atoms with Crippen LogP contribution in [0.1, 0.15) is 18.1 Å². The summed E-state index contributed by atoms with van der Waals surface area (Å²) >= 11 is 7.08. The average molecular weight is 387 g/mol. The molecule has 0 aliphatic carbocycles. The molecule has 0 bridgehead atoms. The van der Waals surface area contributed by atoms with E-state index in [0.29, 0.717) is 5.02 Å². The molecule has 132 valence electrons. The summed E-state index contributed by atoms with van der Waals surface area (Å²) in [6.45, 7) is 1.67. The zero-order chi connectivity index (χ0) is 18.4. The number of hydrogen-bond acceptors (Lipinski definition) is 3. The van der Waals surface area contributed by atoms with Crippen LogP contribution in [0.15, 0.2) is 58.5 Å². The Balaban J connectivity index is 1.97. The largest absolute Gasteiger partial charge is 0.417 e. The van der Waals surface area contributed by atoms with E-state index in [2.05, 4.69) is 10.5 Å². The fourth-order valence-corrected chi connectivity index (χ4v) is 2.88. The number of thioether (sulfide) groups is 1. The Morgan fingerprint density at radius 2 is 1.84 bits per heavy atom. The number of nitrogens with one attached hydrogen (secondary N) is 1. The van der Waals surface area contributed by atoms with Crippen LogP contribution in [-0.2, 0) is 11.0 Å². The van der Waals surface area contributed by atoms with Crippen molar-refractivity contribution in [1.29, 1.82) is 0 Å². The third-order valence-electron chi connectivity index (χ3n) is 3.14. The van der Waals surface area contributed by atoms with Gasteiger partial charge in [0.2, 0.25) is 0 Å². The molecule has 8 heteroatoms. The molecule has 2 aromatic carbocycles. The summed E-state index contributed by atoms with van der Waals surface area (Å²) in [4.78, 5) is 12.8. The highest BCUT2D eigenvalue weighted by atomic mass is 35.5. The summed E-state index contributed by atoms with van der Waals surface area (Å²) in [5.74, 6) is -0.416. The van der Waals surface area contributed by atoms with Gasteiger partial charge in [0.05, 0.1) is 17.0 Å². The van der Waals surface area contributed by atoms with Gasteiger partial charge in [0.15, 0.2) is 0 Å². The standard InChI is InChI=1S/C17H14ClF3N2OS/c1-11(25-14-8-6-13(18)7-9-14)16(24)23-22-10-12-4-2-3-5-15(12)17(19,20)21/h2-11H,1H3,(H,23,24)/b22-10-/t11-/m0/s1. The first-order valence-corrected chi connectivity index (χ1v) is 8.44. The Morgan fingerprint density at radius 3 is 2.48 bits per heavy atom. The van der Waals surface area contributed by atoms with Gasteiger partial charge in [-0.3, -0.25) is 4.79 Å². The van der Waals surface area contributed by atoms with E-state index >= 15 is 0 Å². The van der Waals surface area contributed by atoms with Gasteiger partial charge in [0.1, 0.15) is 0 Å². The fraction of sp³-hybridized carbons (Fsp3) is 0.176. The lowest BCUT2D eigenvalue weighted by atomic mass is 10.1. The molecule has 0 saturated carbocycles. The molecule has 3 nitrogen and oxygen atoms in total. The molecule has 0 aromatic heterocycles. The quantitative estimate of drug-likeness (QED) is 0.447. The zero-order valence-electron chi connectivity index (χ0n) is 13.0. The van der Waals surface area contributed by atoms with Crippen molar-refractivity contribution >= 4 is 35.5 Å². The smallest absolute Gasteiger partial charge is 0.272 e. The van der Waals surface area contributed by atoms with Crippen LogP contribution in [0, 0.1) is 0 Å². The third-order valence-corrected chi connectivity index (χ3v) is 4.50. The van der Waals surface area contributed by atoms with Gasteiger partial charge in [-0.05, 0) is 37.3 Å². The monoisotopic (exact) mass is 386 g/mol. The van der Waals surface area contributed by atoms with Crippen LogP contribution in [-0.4, -0.2) is 17.4 Å². The first-order valence-electron chi connectivity index (χ1n) is 7.19.